The van der Waals surface area contributed by atoms with Gasteiger partial charge in [-0.25, -0.2) is 0 Å². The highest BCUT2D eigenvalue weighted by atomic mass is 32.1. The molecular weight excluding hydrogens is 444 g/mol. The average Bonchev–Trinajstić information content (AvgIpc) is 3.36. The van der Waals surface area contributed by atoms with Crippen LogP contribution in [0.5, 0.6) is 5.75 Å². The molecule has 1 aliphatic carbocycles. The van der Waals surface area contributed by atoms with E-state index in [0.29, 0.717) is 11.4 Å². The van der Waals surface area contributed by atoms with Crippen LogP contribution in [0.3, 0.4) is 0 Å². The van der Waals surface area contributed by atoms with Gasteiger partial charge in [-0.3, -0.25) is 14.5 Å². The van der Waals surface area contributed by atoms with Crippen LogP contribution in [0, 0.1) is 6.92 Å². The summed E-state index contributed by atoms with van der Waals surface area (Å²) in [5, 5.41) is 5.24. The van der Waals surface area contributed by atoms with Crippen molar-refractivity contribution in [2.75, 3.05) is 12.0 Å². The highest BCUT2D eigenvalue weighted by molar-refractivity contribution is 7.10. The quantitative estimate of drug-likeness (QED) is 0.445. The second kappa shape index (κ2) is 11.3. The van der Waals surface area contributed by atoms with Gasteiger partial charge in [-0.2, -0.15) is 0 Å². The maximum atomic E-state index is 13.9. The first kappa shape index (κ1) is 24.0. The molecule has 1 unspecified atom stereocenters. The Balaban J connectivity index is 1.78. The van der Waals surface area contributed by atoms with E-state index in [1.165, 1.54) is 6.42 Å². The molecule has 0 bridgehead atoms. The smallest absolute Gasteiger partial charge is 0.248 e. The van der Waals surface area contributed by atoms with Gasteiger partial charge in [0.25, 0.3) is 0 Å². The van der Waals surface area contributed by atoms with Gasteiger partial charge in [0.15, 0.2) is 0 Å². The fourth-order valence-electron chi connectivity index (χ4n) is 4.66. The molecule has 1 heterocycles. The number of amides is 2. The molecule has 0 radical (unpaired) electrons. The zero-order valence-corrected chi connectivity index (χ0v) is 20.6. The van der Waals surface area contributed by atoms with E-state index in [-0.39, 0.29) is 24.3 Å². The Kier molecular flexibility index (Phi) is 8.01. The Morgan fingerprint density at radius 2 is 1.85 bits per heavy atom. The summed E-state index contributed by atoms with van der Waals surface area (Å²) < 4.78 is 5.45. The van der Waals surface area contributed by atoms with Crippen LogP contribution in [0.2, 0.25) is 0 Å². The van der Waals surface area contributed by atoms with Crippen LogP contribution in [-0.2, 0) is 16.0 Å². The normalized spacial score (nSPS) is 14.9. The molecule has 34 heavy (non-hydrogen) atoms. The minimum Gasteiger partial charge on any atom is -0.497 e. The molecule has 0 spiro atoms. The Labute approximate surface area is 205 Å². The number of hydrogen-bond donors (Lipinski definition) is 1. The van der Waals surface area contributed by atoms with E-state index < -0.39 is 6.04 Å². The molecule has 1 fully saturated rings. The van der Waals surface area contributed by atoms with Crippen molar-refractivity contribution in [1.82, 2.24) is 5.32 Å². The number of nitrogens with zero attached hydrogens (tertiary/aromatic N) is 1. The van der Waals surface area contributed by atoms with E-state index in [1.54, 1.807) is 23.3 Å². The predicted molar refractivity (Wildman–Crippen MR) is 137 cm³/mol. The highest BCUT2D eigenvalue weighted by Gasteiger charge is 2.35. The second-order valence-corrected chi connectivity index (χ2v) is 9.86. The fraction of sp³-hybridized carbons (Fsp3) is 0.357. The summed E-state index contributed by atoms with van der Waals surface area (Å²) in [5.41, 5.74) is 2.45. The predicted octanol–water partition coefficient (Wildman–Crippen LogP) is 5.83. The Morgan fingerprint density at radius 1 is 1.06 bits per heavy atom. The minimum absolute atomic E-state index is 0.122. The third-order valence-corrected chi connectivity index (χ3v) is 7.32. The first-order valence-corrected chi connectivity index (χ1v) is 12.8. The van der Waals surface area contributed by atoms with E-state index in [9.17, 15) is 9.59 Å². The van der Waals surface area contributed by atoms with Gasteiger partial charge in [0.05, 0.1) is 13.5 Å². The molecule has 1 N–H and O–H groups in total. The average molecular weight is 477 g/mol. The minimum atomic E-state index is -0.775. The number of anilines is 1. The lowest BCUT2D eigenvalue weighted by Crippen LogP contribution is -2.48. The Bertz CT molecular complexity index is 1110. The standard InChI is InChI=1S/C28H32N2O3S/c1-20-10-6-7-16-25(20)27(28(32)29-21-11-4-3-5-12-21)30(22-13-8-14-23(18-22)33-2)26(31)19-24-15-9-17-34-24/h6-10,13-18,21,27H,3-5,11-12,19H2,1-2H3,(H,29,32). The molecule has 1 saturated carbocycles. The molecule has 1 aromatic heterocycles. The number of carbonyl (C=O) groups is 2. The van der Waals surface area contributed by atoms with Gasteiger partial charge in [0.1, 0.15) is 11.8 Å². The number of carbonyl (C=O) groups excluding carboxylic acids is 2. The summed E-state index contributed by atoms with van der Waals surface area (Å²) in [5.74, 6) is 0.383. The van der Waals surface area contributed by atoms with Crippen LogP contribution in [0.15, 0.2) is 66.0 Å². The number of aryl methyl sites for hydroxylation is 1. The van der Waals surface area contributed by atoms with Crippen molar-refractivity contribution in [3.05, 3.63) is 82.0 Å². The zero-order chi connectivity index (χ0) is 23.9. The van der Waals surface area contributed by atoms with Crippen molar-refractivity contribution in [2.45, 2.75) is 57.5 Å². The van der Waals surface area contributed by atoms with Gasteiger partial charge in [-0.1, -0.05) is 55.7 Å². The van der Waals surface area contributed by atoms with Gasteiger partial charge in [-0.15, -0.1) is 11.3 Å². The number of thiophene rings is 1. The first-order chi connectivity index (χ1) is 16.6. The number of methoxy groups -OCH3 is 1. The highest BCUT2D eigenvalue weighted by Crippen LogP contribution is 2.33. The van der Waals surface area contributed by atoms with Crippen molar-refractivity contribution in [2.24, 2.45) is 0 Å². The van der Waals surface area contributed by atoms with Crippen LogP contribution in [0.25, 0.3) is 0 Å². The van der Waals surface area contributed by atoms with Crippen LogP contribution in [0.1, 0.15) is 54.1 Å². The van der Waals surface area contributed by atoms with Gasteiger partial charge in [0.2, 0.25) is 11.8 Å². The lowest BCUT2D eigenvalue weighted by molar-refractivity contribution is -0.127. The van der Waals surface area contributed by atoms with E-state index in [2.05, 4.69) is 5.32 Å². The molecular formula is C28H32N2O3S. The number of nitrogens with one attached hydrogen (secondary N) is 1. The zero-order valence-electron chi connectivity index (χ0n) is 19.8. The first-order valence-electron chi connectivity index (χ1n) is 11.9. The molecule has 178 valence electrons. The van der Waals surface area contributed by atoms with Crippen molar-refractivity contribution in [1.29, 1.82) is 0 Å². The maximum Gasteiger partial charge on any atom is 0.248 e. The Hall–Kier alpha value is -3.12. The monoisotopic (exact) mass is 476 g/mol. The van der Waals surface area contributed by atoms with E-state index in [1.807, 2.05) is 73.0 Å². The third-order valence-electron chi connectivity index (χ3n) is 6.45. The maximum absolute atomic E-state index is 13.9. The molecule has 1 aliphatic rings. The summed E-state index contributed by atoms with van der Waals surface area (Å²) >= 11 is 1.55. The van der Waals surface area contributed by atoms with Crippen molar-refractivity contribution in [3.63, 3.8) is 0 Å². The van der Waals surface area contributed by atoms with Crippen molar-refractivity contribution in [3.8, 4) is 5.75 Å². The summed E-state index contributed by atoms with van der Waals surface area (Å²) in [7, 11) is 1.60. The lowest BCUT2D eigenvalue weighted by Gasteiger charge is -2.34. The molecule has 0 aliphatic heterocycles. The largest absolute Gasteiger partial charge is 0.497 e. The van der Waals surface area contributed by atoms with Gasteiger partial charge < -0.3 is 10.1 Å². The van der Waals surface area contributed by atoms with Crippen LogP contribution in [-0.4, -0.2) is 25.0 Å². The van der Waals surface area contributed by atoms with Gasteiger partial charge >= 0.3 is 0 Å². The molecule has 1 atom stereocenters. The summed E-state index contributed by atoms with van der Waals surface area (Å²) in [4.78, 5) is 30.4. The van der Waals surface area contributed by atoms with Crippen LogP contribution >= 0.6 is 11.3 Å². The van der Waals surface area contributed by atoms with E-state index >= 15 is 0 Å². The molecule has 4 rings (SSSR count). The van der Waals surface area contributed by atoms with Crippen molar-refractivity contribution >= 4 is 28.8 Å². The van der Waals surface area contributed by atoms with Crippen molar-refractivity contribution < 1.29 is 14.3 Å². The van der Waals surface area contributed by atoms with Crippen LogP contribution in [0.4, 0.5) is 5.69 Å². The number of rotatable bonds is 8. The number of benzene rings is 2. The SMILES string of the molecule is COc1cccc(N(C(=O)Cc2cccs2)C(C(=O)NC2CCCCC2)c2ccccc2C)c1. The summed E-state index contributed by atoms with van der Waals surface area (Å²) in [6, 6.07) is 18.5. The molecule has 0 saturated heterocycles. The fourth-order valence-corrected chi connectivity index (χ4v) is 5.36. The molecule has 2 amide bonds. The number of hydrogen-bond acceptors (Lipinski definition) is 4. The Morgan fingerprint density at radius 3 is 2.56 bits per heavy atom. The van der Waals surface area contributed by atoms with Gasteiger partial charge in [0, 0.05) is 22.7 Å². The lowest BCUT2D eigenvalue weighted by atomic mass is 9.93. The summed E-state index contributed by atoms with van der Waals surface area (Å²) in [6.45, 7) is 1.99. The second-order valence-electron chi connectivity index (χ2n) is 8.82. The summed E-state index contributed by atoms with van der Waals surface area (Å²) in [6.07, 6.45) is 5.65. The van der Waals surface area contributed by atoms with Gasteiger partial charge in [-0.05, 0) is 54.5 Å². The number of ether oxygens (including phenoxy) is 1. The van der Waals surface area contributed by atoms with Crippen LogP contribution < -0.4 is 15.0 Å². The molecule has 2 aromatic carbocycles. The van der Waals surface area contributed by atoms with E-state index in [4.69, 9.17) is 4.74 Å². The topological polar surface area (TPSA) is 58.6 Å². The molecule has 3 aromatic rings. The van der Waals surface area contributed by atoms with E-state index in [0.717, 1.165) is 41.7 Å². The third kappa shape index (κ3) is 5.68. The molecule has 6 heteroatoms. The molecule has 5 nitrogen and oxygen atoms in total.